The Morgan fingerprint density at radius 2 is 1.94 bits per heavy atom. The van der Waals surface area contributed by atoms with Gasteiger partial charge in [-0.1, -0.05) is 27.2 Å². The van der Waals surface area contributed by atoms with Crippen LogP contribution in [-0.2, 0) is 9.47 Å². The molecule has 1 aliphatic rings. The quantitative estimate of drug-likeness (QED) is 0.583. The van der Waals surface area contributed by atoms with E-state index in [4.69, 9.17) is 9.47 Å². The van der Waals surface area contributed by atoms with Gasteiger partial charge in [0.25, 0.3) is 0 Å². The Kier molecular flexibility index (Phi) is 4.95. The Balaban J connectivity index is 2.78. The molecule has 0 aromatic rings. The minimum Gasteiger partial charge on any atom is -0.390 e. The summed E-state index contributed by atoms with van der Waals surface area (Å²) in [6.07, 6.45) is 1.81. The Bertz CT molecular complexity index is 236. The van der Waals surface area contributed by atoms with Crippen LogP contribution in [0.5, 0.6) is 0 Å². The van der Waals surface area contributed by atoms with E-state index < -0.39 is 11.7 Å². The van der Waals surface area contributed by atoms with Crippen molar-refractivity contribution in [1.82, 2.24) is 0 Å². The van der Waals surface area contributed by atoms with Gasteiger partial charge >= 0.3 is 0 Å². The SMILES string of the molecule is COCOC[C@@]1(O)[C@H](O)CCC[C@H]1C(C)(C)C. The highest BCUT2D eigenvalue weighted by Crippen LogP contribution is 2.44. The predicted molar refractivity (Wildman–Crippen MR) is 65.6 cm³/mol. The molecular weight excluding hydrogens is 220 g/mol. The van der Waals surface area contributed by atoms with Crippen molar-refractivity contribution < 1.29 is 19.7 Å². The monoisotopic (exact) mass is 246 g/mol. The lowest BCUT2D eigenvalue weighted by Gasteiger charge is -2.49. The zero-order valence-corrected chi connectivity index (χ0v) is 11.4. The van der Waals surface area contributed by atoms with E-state index in [2.05, 4.69) is 20.8 Å². The minimum absolute atomic E-state index is 0.0376. The molecule has 2 N–H and O–H groups in total. The van der Waals surface area contributed by atoms with Crippen LogP contribution in [0.2, 0.25) is 0 Å². The largest absolute Gasteiger partial charge is 0.390 e. The Hall–Kier alpha value is -0.160. The zero-order chi connectivity index (χ0) is 13.1. The molecule has 0 aromatic carbocycles. The first kappa shape index (κ1) is 14.9. The third-order valence-electron chi connectivity index (χ3n) is 3.73. The number of methoxy groups -OCH3 is 1. The fraction of sp³-hybridized carbons (Fsp3) is 1.00. The fourth-order valence-corrected chi connectivity index (χ4v) is 2.92. The van der Waals surface area contributed by atoms with E-state index in [9.17, 15) is 10.2 Å². The predicted octanol–water partition coefficient (Wildman–Crippen LogP) is 1.55. The summed E-state index contributed by atoms with van der Waals surface area (Å²) < 4.78 is 10.1. The summed E-state index contributed by atoms with van der Waals surface area (Å²) in [4.78, 5) is 0. The van der Waals surface area contributed by atoms with Crippen LogP contribution < -0.4 is 0 Å². The van der Waals surface area contributed by atoms with Gasteiger partial charge in [-0.15, -0.1) is 0 Å². The molecule has 1 rings (SSSR count). The van der Waals surface area contributed by atoms with Crippen molar-refractivity contribution in [1.29, 1.82) is 0 Å². The van der Waals surface area contributed by atoms with E-state index >= 15 is 0 Å². The minimum atomic E-state index is -1.16. The summed E-state index contributed by atoms with van der Waals surface area (Å²) in [6, 6.07) is 0. The summed E-state index contributed by atoms with van der Waals surface area (Å²) >= 11 is 0. The van der Waals surface area contributed by atoms with Gasteiger partial charge in [0.05, 0.1) is 12.7 Å². The van der Waals surface area contributed by atoms with Gasteiger partial charge in [0.2, 0.25) is 0 Å². The van der Waals surface area contributed by atoms with Crippen molar-refractivity contribution in [2.45, 2.75) is 51.7 Å². The Morgan fingerprint density at radius 3 is 2.47 bits per heavy atom. The maximum absolute atomic E-state index is 10.7. The Morgan fingerprint density at radius 1 is 1.29 bits per heavy atom. The molecule has 4 nitrogen and oxygen atoms in total. The average Bonchev–Trinajstić information content (AvgIpc) is 2.21. The second-order valence-electron chi connectivity index (χ2n) is 6.11. The summed E-state index contributed by atoms with van der Waals surface area (Å²) in [5.74, 6) is 0.0376. The van der Waals surface area contributed by atoms with Crippen molar-refractivity contribution in [3.63, 3.8) is 0 Å². The molecule has 0 aromatic heterocycles. The zero-order valence-electron chi connectivity index (χ0n) is 11.4. The number of hydrogen-bond acceptors (Lipinski definition) is 4. The number of hydrogen-bond donors (Lipinski definition) is 2. The first-order chi connectivity index (χ1) is 7.82. The smallest absolute Gasteiger partial charge is 0.146 e. The molecule has 0 saturated heterocycles. The molecule has 1 saturated carbocycles. The molecule has 0 spiro atoms. The van der Waals surface area contributed by atoms with Gasteiger partial charge in [0.1, 0.15) is 12.4 Å². The van der Waals surface area contributed by atoms with Crippen LogP contribution in [0.1, 0.15) is 40.0 Å². The first-order valence-electron chi connectivity index (χ1n) is 6.29. The van der Waals surface area contributed by atoms with Gasteiger partial charge in [-0.3, -0.25) is 0 Å². The number of rotatable bonds is 4. The lowest BCUT2D eigenvalue weighted by Crippen LogP contribution is -2.58. The number of ether oxygens (including phenoxy) is 2. The molecule has 17 heavy (non-hydrogen) atoms. The molecule has 0 heterocycles. The molecule has 1 aliphatic carbocycles. The highest BCUT2D eigenvalue weighted by atomic mass is 16.7. The van der Waals surface area contributed by atoms with E-state index in [0.717, 1.165) is 12.8 Å². The fourth-order valence-electron chi connectivity index (χ4n) is 2.92. The third-order valence-corrected chi connectivity index (χ3v) is 3.73. The molecule has 0 aliphatic heterocycles. The highest BCUT2D eigenvalue weighted by Gasteiger charge is 2.50. The molecule has 1 fully saturated rings. The van der Waals surface area contributed by atoms with Gasteiger partial charge in [-0.25, -0.2) is 0 Å². The molecule has 4 heteroatoms. The molecule has 0 amide bonds. The van der Waals surface area contributed by atoms with Crippen LogP contribution in [0.25, 0.3) is 0 Å². The molecule has 0 unspecified atom stereocenters. The lowest BCUT2D eigenvalue weighted by molar-refractivity contribution is -0.205. The summed E-state index contributed by atoms with van der Waals surface area (Å²) in [7, 11) is 1.54. The molecule has 3 atom stereocenters. The summed E-state index contributed by atoms with van der Waals surface area (Å²) in [5.41, 5.74) is -1.21. The third kappa shape index (κ3) is 3.41. The van der Waals surface area contributed by atoms with E-state index in [0.29, 0.717) is 6.42 Å². The number of aliphatic hydroxyl groups excluding tert-OH is 1. The first-order valence-corrected chi connectivity index (χ1v) is 6.29. The number of aliphatic hydroxyl groups is 2. The van der Waals surface area contributed by atoms with Crippen LogP contribution >= 0.6 is 0 Å². The van der Waals surface area contributed by atoms with Crippen molar-refractivity contribution in [2.75, 3.05) is 20.5 Å². The van der Waals surface area contributed by atoms with Gasteiger partial charge in [-0.2, -0.15) is 0 Å². The van der Waals surface area contributed by atoms with Gasteiger partial charge in [-0.05, 0) is 24.2 Å². The topological polar surface area (TPSA) is 58.9 Å². The molecule has 0 radical (unpaired) electrons. The molecular formula is C13H26O4. The van der Waals surface area contributed by atoms with E-state index in [1.54, 1.807) is 7.11 Å². The Labute approximate surface area is 104 Å². The maximum Gasteiger partial charge on any atom is 0.146 e. The van der Waals surface area contributed by atoms with Crippen molar-refractivity contribution in [3.05, 3.63) is 0 Å². The lowest BCUT2D eigenvalue weighted by atomic mass is 9.63. The summed E-state index contributed by atoms with van der Waals surface area (Å²) in [5, 5.41) is 20.8. The van der Waals surface area contributed by atoms with Crippen LogP contribution in [0.4, 0.5) is 0 Å². The normalized spacial score (nSPS) is 34.9. The second-order valence-corrected chi connectivity index (χ2v) is 6.11. The summed E-state index contributed by atoms with van der Waals surface area (Å²) in [6.45, 7) is 6.56. The van der Waals surface area contributed by atoms with Crippen molar-refractivity contribution in [2.24, 2.45) is 11.3 Å². The standard InChI is InChI=1S/C13H26O4/c1-12(2,3)10-6-5-7-11(14)13(10,15)8-17-9-16-4/h10-11,14-15H,5-9H2,1-4H3/t10-,11+,13-/m0/s1. The van der Waals surface area contributed by atoms with E-state index in [-0.39, 0.29) is 24.7 Å². The van der Waals surface area contributed by atoms with E-state index in [1.807, 2.05) is 0 Å². The van der Waals surface area contributed by atoms with Crippen molar-refractivity contribution >= 4 is 0 Å². The van der Waals surface area contributed by atoms with Gasteiger partial charge < -0.3 is 19.7 Å². The van der Waals surface area contributed by atoms with Gasteiger partial charge in [0, 0.05) is 7.11 Å². The van der Waals surface area contributed by atoms with Crippen LogP contribution in [0.15, 0.2) is 0 Å². The molecule has 0 bridgehead atoms. The second kappa shape index (κ2) is 5.65. The van der Waals surface area contributed by atoms with Gasteiger partial charge in [0.15, 0.2) is 0 Å². The molecule has 102 valence electrons. The van der Waals surface area contributed by atoms with E-state index in [1.165, 1.54) is 0 Å². The van der Waals surface area contributed by atoms with Crippen LogP contribution in [0, 0.1) is 11.3 Å². The average molecular weight is 246 g/mol. The van der Waals surface area contributed by atoms with Crippen LogP contribution in [0.3, 0.4) is 0 Å². The highest BCUT2D eigenvalue weighted by molar-refractivity contribution is 5.00. The van der Waals surface area contributed by atoms with Crippen LogP contribution in [-0.4, -0.2) is 42.4 Å². The maximum atomic E-state index is 10.7. The van der Waals surface area contributed by atoms with Crippen molar-refractivity contribution in [3.8, 4) is 0 Å².